The highest BCUT2D eigenvalue weighted by Crippen LogP contribution is 2.27. The Hall–Kier alpha value is -1.35. The summed E-state index contributed by atoms with van der Waals surface area (Å²) in [5.41, 5.74) is 1.13. The highest BCUT2D eigenvalue weighted by molar-refractivity contribution is 5.84. The summed E-state index contributed by atoms with van der Waals surface area (Å²) in [6.07, 6.45) is 2.16. The molecule has 4 unspecified atom stereocenters. The van der Waals surface area contributed by atoms with Gasteiger partial charge in [0, 0.05) is 6.04 Å². The van der Waals surface area contributed by atoms with Crippen molar-refractivity contribution in [3.8, 4) is 0 Å². The van der Waals surface area contributed by atoms with Gasteiger partial charge in [0.25, 0.3) is 0 Å². The van der Waals surface area contributed by atoms with Crippen LogP contribution in [0.15, 0.2) is 30.3 Å². The Kier molecular flexibility index (Phi) is 5.80. The molecule has 1 aromatic carbocycles. The maximum Gasteiger partial charge on any atom is 0.228 e. The van der Waals surface area contributed by atoms with E-state index in [2.05, 4.69) is 43.5 Å². The van der Waals surface area contributed by atoms with Gasteiger partial charge < -0.3 is 10.6 Å². The second kappa shape index (κ2) is 7.60. The van der Waals surface area contributed by atoms with Crippen LogP contribution in [0.25, 0.3) is 0 Å². The average molecular weight is 288 g/mol. The van der Waals surface area contributed by atoms with Crippen LogP contribution in [0.1, 0.15) is 45.1 Å². The van der Waals surface area contributed by atoms with Crippen molar-refractivity contribution in [3.63, 3.8) is 0 Å². The average Bonchev–Trinajstić information content (AvgIpc) is 3.02. The minimum Gasteiger partial charge on any atom is -0.353 e. The lowest BCUT2D eigenvalue weighted by Crippen LogP contribution is -2.42. The molecule has 21 heavy (non-hydrogen) atoms. The van der Waals surface area contributed by atoms with E-state index in [4.69, 9.17) is 0 Å². The first-order chi connectivity index (χ1) is 10.1. The third kappa shape index (κ3) is 4.07. The highest BCUT2D eigenvalue weighted by Gasteiger charge is 2.29. The summed E-state index contributed by atoms with van der Waals surface area (Å²) in [5.74, 6) is 1.03. The zero-order chi connectivity index (χ0) is 15.2. The maximum absolute atomic E-state index is 12.8. The summed E-state index contributed by atoms with van der Waals surface area (Å²) in [6, 6.07) is 10.4. The van der Waals surface area contributed by atoms with Gasteiger partial charge in [0.05, 0.1) is 5.92 Å². The summed E-state index contributed by atoms with van der Waals surface area (Å²) in [5, 5.41) is 6.63. The van der Waals surface area contributed by atoms with Crippen LogP contribution < -0.4 is 10.6 Å². The molecule has 4 atom stereocenters. The van der Waals surface area contributed by atoms with Crippen molar-refractivity contribution >= 4 is 5.91 Å². The number of amides is 1. The van der Waals surface area contributed by atoms with E-state index in [1.807, 2.05) is 18.2 Å². The molecule has 1 fully saturated rings. The van der Waals surface area contributed by atoms with Crippen molar-refractivity contribution in [2.45, 2.75) is 45.6 Å². The van der Waals surface area contributed by atoms with Crippen molar-refractivity contribution in [1.29, 1.82) is 0 Å². The van der Waals surface area contributed by atoms with Gasteiger partial charge in [-0.25, -0.2) is 0 Å². The Labute approximate surface area is 128 Å². The van der Waals surface area contributed by atoms with Crippen molar-refractivity contribution in [2.75, 3.05) is 13.1 Å². The third-order valence-electron chi connectivity index (χ3n) is 4.83. The fourth-order valence-electron chi connectivity index (χ4n) is 3.17. The lowest BCUT2D eigenvalue weighted by atomic mass is 9.84. The van der Waals surface area contributed by atoms with Crippen molar-refractivity contribution in [2.24, 2.45) is 11.8 Å². The van der Waals surface area contributed by atoms with Gasteiger partial charge in [-0.05, 0) is 43.8 Å². The molecule has 3 heteroatoms. The van der Waals surface area contributed by atoms with Crippen molar-refractivity contribution < 1.29 is 4.79 Å². The highest BCUT2D eigenvalue weighted by atomic mass is 16.2. The fourth-order valence-corrected chi connectivity index (χ4v) is 3.17. The van der Waals surface area contributed by atoms with Gasteiger partial charge in [0.15, 0.2) is 0 Å². The molecule has 2 N–H and O–H groups in total. The van der Waals surface area contributed by atoms with Crippen LogP contribution in [0.4, 0.5) is 0 Å². The molecule has 1 heterocycles. The largest absolute Gasteiger partial charge is 0.353 e. The summed E-state index contributed by atoms with van der Waals surface area (Å²) >= 11 is 0. The lowest BCUT2D eigenvalue weighted by molar-refractivity contribution is -0.124. The number of hydrogen-bond acceptors (Lipinski definition) is 2. The van der Waals surface area contributed by atoms with Crippen LogP contribution in [-0.4, -0.2) is 25.0 Å². The maximum atomic E-state index is 12.8. The van der Waals surface area contributed by atoms with E-state index in [1.54, 1.807) is 0 Å². The summed E-state index contributed by atoms with van der Waals surface area (Å²) in [4.78, 5) is 12.8. The molecular formula is C18H28N2O. The van der Waals surface area contributed by atoms with Gasteiger partial charge in [-0.3, -0.25) is 4.79 Å². The van der Waals surface area contributed by atoms with Gasteiger partial charge in [0.1, 0.15) is 0 Å². The number of rotatable bonds is 6. The van der Waals surface area contributed by atoms with Gasteiger partial charge in [-0.15, -0.1) is 0 Å². The van der Waals surface area contributed by atoms with E-state index >= 15 is 0 Å². The molecular weight excluding hydrogens is 260 g/mol. The Morgan fingerprint density at radius 2 is 2.05 bits per heavy atom. The molecule has 1 aliphatic heterocycles. The Morgan fingerprint density at radius 3 is 2.62 bits per heavy atom. The molecule has 0 aromatic heterocycles. The second-order valence-electron chi connectivity index (χ2n) is 6.32. The standard InChI is InChI=1S/C18H28N2O/c1-4-13(2)17(15-8-6-5-7-9-15)18(21)20-14(3)16-10-11-19-12-16/h5-9,13-14,16-17,19H,4,10-12H2,1-3H3,(H,20,21). The molecule has 3 nitrogen and oxygen atoms in total. The normalized spacial score (nSPS) is 22.5. The van der Waals surface area contributed by atoms with Crippen LogP contribution in [0.3, 0.4) is 0 Å². The summed E-state index contributed by atoms with van der Waals surface area (Å²) in [7, 11) is 0. The van der Waals surface area contributed by atoms with Crippen LogP contribution in [0, 0.1) is 11.8 Å². The minimum atomic E-state index is -0.0481. The number of benzene rings is 1. The Morgan fingerprint density at radius 1 is 1.33 bits per heavy atom. The first kappa shape index (κ1) is 16.0. The molecule has 0 saturated carbocycles. The minimum absolute atomic E-state index is 0.0481. The van der Waals surface area contributed by atoms with E-state index < -0.39 is 0 Å². The number of hydrogen-bond donors (Lipinski definition) is 2. The van der Waals surface area contributed by atoms with Gasteiger partial charge in [-0.2, -0.15) is 0 Å². The van der Waals surface area contributed by atoms with Crippen LogP contribution >= 0.6 is 0 Å². The molecule has 1 saturated heterocycles. The molecule has 0 bridgehead atoms. The smallest absolute Gasteiger partial charge is 0.228 e. The zero-order valence-electron chi connectivity index (χ0n) is 13.4. The fraction of sp³-hybridized carbons (Fsp3) is 0.611. The molecule has 1 amide bonds. The van der Waals surface area contributed by atoms with E-state index in [-0.39, 0.29) is 17.9 Å². The van der Waals surface area contributed by atoms with Gasteiger partial charge in [0.2, 0.25) is 5.91 Å². The van der Waals surface area contributed by atoms with Crippen LogP contribution in [0.2, 0.25) is 0 Å². The van der Waals surface area contributed by atoms with Crippen LogP contribution in [0.5, 0.6) is 0 Å². The Bertz CT molecular complexity index is 440. The molecule has 2 rings (SSSR count). The number of carbonyl (C=O) groups is 1. The molecule has 116 valence electrons. The quantitative estimate of drug-likeness (QED) is 0.845. The van der Waals surface area contributed by atoms with E-state index in [9.17, 15) is 4.79 Å². The van der Waals surface area contributed by atoms with E-state index in [0.29, 0.717) is 11.8 Å². The summed E-state index contributed by atoms with van der Waals surface area (Å²) in [6.45, 7) is 8.53. The van der Waals surface area contributed by atoms with Gasteiger partial charge >= 0.3 is 0 Å². The monoisotopic (exact) mass is 288 g/mol. The molecule has 0 spiro atoms. The molecule has 1 aromatic rings. The first-order valence-corrected chi connectivity index (χ1v) is 8.19. The molecule has 0 radical (unpaired) electrons. The first-order valence-electron chi connectivity index (χ1n) is 8.19. The summed E-state index contributed by atoms with van der Waals surface area (Å²) < 4.78 is 0. The topological polar surface area (TPSA) is 41.1 Å². The zero-order valence-corrected chi connectivity index (χ0v) is 13.4. The predicted molar refractivity (Wildman–Crippen MR) is 87.2 cm³/mol. The number of nitrogens with one attached hydrogen (secondary N) is 2. The van der Waals surface area contributed by atoms with Crippen molar-refractivity contribution in [1.82, 2.24) is 10.6 Å². The Balaban J connectivity index is 2.07. The van der Waals surface area contributed by atoms with Crippen LogP contribution in [-0.2, 0) is 4.79 Å². The molecule has 0 aliphatic carbocycles. The lowest BCUT2D eigenvalue weighted by Gasteiger charge is -2.27. The molecule has 1 aliphatic rings. The van der Waals surface area contributed by atoms with E-state index in [1.165, 1.54) is 0 Å². The van der Waals surface area contributed by atoms with Crippen molar-refractivity contribution in [3.05, 3.63) is 35.9 Å². The second-order valence-corrected chi connectivity index (χ2v) is 6.32. The predicted octanol–water partition coefficient (Wildman–Crippen LogP) is 2.93. The van der Waals surface area contributed by atoms with Gasteiger partial charge in [-0.1, -0.05) is 50.6 Å². The SMILES string of the molecule is CCC(C)C(C(=O)NC(C)C1CCNC1)c1ccccc1. The van der Waals surface area contributed by atoms with E-state index in [0.717, 1.165) is 31.5 Å². The number of carbonyl (C=O) groups excluding carboxylic acids is 1. The third-order valence-corrected chi connectivity index (χ3v) is 4.83.